The molecule has 1 fully saturated rings. The second-order valence-electron chi connectivity index (χ2n) is 11.7. The molecule has 4 unspecified atom stereocenters. The number of nitrogens with zero attached hydrogens (tertiary/aromatic N) is 1. The van der Waals surface area contributed by atoms with Crippen molar-refractivity contribution in [2.24, 2.45) is 11.5 Å². The van der Waals surface area contributed by atoms with Gasteiger partial charge in [0.15, 0.2) is 0 Å². The number of benzene rings is 2. The highest BCUT2D eigenvalue weighted by molar-refractivity contribution is 5.95. The monoisotopic (exact) mass is 615 g/mol. The maximum atomic E-state index is 13.8. The topological polar surface area (TPSA) is 199 Å². The van der Waals surface area contributed by atoms with Crippen molar-refractivity contribution >= 4 is 45.5 Å². The van der Waals surface area contributed by atoms with Crippen LogP contribution >= 0.6 is 0 Å². The summed E-state index contributed by atoms with van der Waals surface area (Å²) in [4.78, 5) is 60.9. The predicted octanol–water partition coefficient (Wildman–Crippen LogP) is 1.94. The number of nitrogens with two attached hydrogens (primary N) is 2. The largest absolute Gasteiger partial charge is 0.480 e. The molecule has 0 bridgehead atoms. The van der Waals surface area contributed by atoms with Gasteiger partial charge in [0, 0.05) is 53.6 Å². The van der Waals surface area contributed by atoms with Crippen molar-refractivity contribution in [3.05, 3.63) is 72.1 Å². The molecule has 1 aliphatic heterocycles. The van der Waals surface area contributed by atoms with Gasteiger partial charge >= 0.3 is 5.97 Å². The van der Waals surface area contributed by atoms with E-state index in [0.29, 0.717) is 38.8 Å². The van der Waals surface area contributed by atoms with Crippen LogP contribution in [0.3, 0.4) is 0 Å². The van der Waals surface area contributed by atoms with E-state index in [9.17, 15) is 24.3 Å². The zero-order chi connectivity index (χ0) is 31.9. The summed E-state index contributed by atoms with van der Waals surface area (Å²) in [5, 5.41) is 17.4. The van der Waals surface area contributed by atoms with Gasteiger partial charge in [-0.05, 0) is 55.5 Å². The third-order valence-electron chi connectivity index (χ3n) is 8.57. The Bertz CT molecular complexity index is 1660. The number of H-pyrrole nitrogens is 2. The SMILES string of the molecule is NCCCCC(N)C(=O)N1CCCC1C(=O)NC(Cc1c[nH]c2ccccc12)C(=O)NC(Cc1c[nH]c2ccccc12)C(=O)O. The quantitative estimate of drug-likeness (QED) is 0.105. The smallest absolute Gasteiger partial charge is 0.326 e. The summed E-state index contributed by atoms with van der Waals surface area (Å²) in [5.41, 5.74) is 15.0. The Labute approximate surface area is 260 Å². The van der Waals surface area contributed by atoms with Crippen LogP contribution in [-0.4, -0.2) is 80.9 Å². The summed E-state index contributed by atoms with van der Waals surface area (Å²) < 4.78 is 0. The van der Waals surface area contributed by atoms with Crippen molar-refractivity contribution in [1.29, 1.82) is 0 Å². The fraction of sp³-hybridized carbons (Fsp3) is 0.394. The number of amides is 3. The predicted molar refractivity (Wildman–Crippen MR) is 171 cm³/mol. The molecule has 3 amide bonds. The number of likely N-dealkylation sites (tertiary alicyclic amines) is 1. The molecule has 0 saturated carbocycles. The number of nitrogens with one attached hydrogen (secondary N) is 4. The molecule has 4 aromatic rings. The molecule has 12 nitrogen and oxygen atoms in total. The summed E-state index contributed by atoms with van der Waals surface area (Å²) in [6.45, 7) is 0.909. The van der Waals surface area contributed by atoms with Crippen LogP contribution in [0.4, 0.5) is 0 Å². The Morgan fingerprint density at radius 2 is 1.49 bits per heavy atom. The number of carbonyl (C=O) groups is 4. The molecule has 45 heavy (non-hydrogen) atoms. The number of carboxylic acids is 1. The third kappa shape index (κ3) is 7.35. The Balaban J connectivity index is 1.35. The van der Waals surface area contributed by atoms with Crippen LogP contribution < -0.4 is 22.1 Å². The van der Waals surface area contributed by atoms with Gasteiger partial charge in [0.2, 0.25) is 17.7 Å². The lowest BCUT2D eigenvalue weighted by Crippen LogP contribution is -2.57. The van der Waals surface area contributed by atoms with E-state index in [1.54, 1.807) is 12.4 Å². The first-order chi connectivity index (χ1) is 21.8. The third-order valence-corrected chi connectivity index (χ3v) is 8.57. The molecule has 0 aliphatic carbocycles. The van der Waals surface area contributed by atoms with Crippen molar-refractivity contribution in [2.75, 3.05) is 13.1 Å². The molecule has 3 heterocycles. The van der Waals surface area contributed by atoms with Gasteiger partial charge in [0.1, 0.15) is 18.1 Å². The standard InChI is InChI=1S/C33H41N7O5/c34-14-6-5-10-24(35)32(43)40-15-7-13-29(40)31(42)38-27(16-20-18-36-25-11-3-1-8-22(20)25)30(41)39-28(33(44)45)17-21-19-37-26-12-4-2-9-23(21)26/h1-4,8-9,11-12,18-19,24,27-29,36-37H,5-7,10,13-17,34-35H2,(H,38,42)(H,39,41)(H,44,45). The molecule has 12 heteroatoms. The number of aliphatic carboxylic acids is 1. The van der Waals surface area contributed by atoms with Crippen LogP contribution in [0.5, 0.6) is 0 Å². The number of rotatable bonds is 14. The van der Waals surface area contributed by atoms with E-state index in [0.717, 1.165) is 39.4 Å². The fourth-order valence-electron chi connectivity index (χ4n) is 6.14. The molecule has 2 aromatic carbocycles. The lowest BCUT2D eigenvalue weighted by atomic mass is 10.0. The Hall–Kier alpha value is -4.68. The van der Waals surface area contributed by atoms with Gasteiger partial charge < -0.3 is 42.1 Å². The van der Waals surface area contributed by atoms with Crippen LogP contribution in [0.15, 0.2) is 60.9 Å². The number of hydrogen-bond donors (Lipinski definition) is 7. The van der Waals surface area contributed by atoms with E-state index >= 15 is 0 Å². The number of carboxylic acid groups (broad SMARTS) is 1. The molecule has 0 spiro atoms. The van der Waals surface area contributed by atoms with E-state index in [-0.39, 0.29) is 18.7 Å². The molecule has 238 valence electrons. The minimum absolute atomic E-state index is 0.0474. The molecule has 1 saturated heterocycles. The van der Waals surface area contributed by atoms with Gasteiger partial charge in [0.25, 0.3) is 0 Å². The number of aromatic amines is 2. The van der Waals surface area contributed by atoms with E-state index in [2.05, 4.69) is 20.6 Å². The average molecular weight is 616 g/mol. The van der Waals surface area contributed by atoms with Crippen molar-refractivity contribution in [2.45, 2.75) is 69.1 Å². The summed E-state index contributed by atoms with van der Waals surface area (Å²) in [6.07, 6.45) is 6.69. The summed E-state index contributed by atoms with van der Waals surface area (Å²) >= 11 is 0. The van der Waals surface area contributed by atoms with Crippen LogP contribution in [0.25, 0.3) is 21.8 Å². The fourth-order valence-corrected chi connectivity index (χ4v) is 6.14. The van der Waals surface area contributed by atoms with Crippen molar-refractivity contribution < 1.29 is 24.3 Å². The van der Waals surface area contributed by atoms with E-state index < -0.39 is 42.0 Å². The van der Waals surface area contributed by atoms with Crippen LogP contribution in [0, 0.1) is 0 Å². The van der Waals surface area contributed by atoms with Gasteiger partial charge in [0.05, 0.1) is 6.04 Å². The van der Waals surface area contributed by atoms with Gasteiger partial charge in [-0.15, -0.1) is 0 Å². The number of carbonyl (C=O) groups excluding carboxylic acids is 3. The number of fused-ring (bicyclic) bond motifs is 2. The number of hydrogen-bond acceptors (Lipinski definition) is 6. The van der Waals surface area contributed by atoms with Gasteiger partial charge in [-0.2, -0.15) is 0 Å². The van der Waals surface area contributed by atoms with E-state index in [1.807, 2.05) is 48.5 Å². The van der Waals surface area contributed by atoms with E-state index in [4.69, 9.17) is 11.5 Å². The highest BCUT2D eigenvalue weighted by atomic mass is 16.4. The average Bonchev–Trinajstić information content (AvgIpc) is 3.79. The molecular formula is C33H41N7O5. The number of unbranched alkanes of at least 4 members (excludes halogenated alkanes) is 1. The maximum absolute atomic E-state index is 13.8. The van der Waals surface area contributed by atoms with E-state index in [1.165, 1.54) is 4.90 Å². The van der Waals surface area contributed by atoms with Crippen molar-refractivity contribution in [1.82, 2.24) is 25.5 Å². The minimum atomic E-state index is -1.24. The lowest BCUT2D eigenvalue weighted by Gasteiger charge is -2.28. The van der Waals surface area contributed by atoms with Gasteiger partial charge in [-0.1, -0.05) is 42.8 Å². The molecular weight excluding hydrogens is 574 g/mol. The molecule has 4 atom stereocenters. The highest BCUT2D eigenvalue weighted by Gasteiger charge is 2.38. The molecule has 9 N–H and O–H groups in total. The molecule has 5 rings (SSSR count). The summed E-state index contributed by atoms with van der Waals surface area (Å²) in [7, 11) is 0. The highest BCUT2D eigenvalue weighted by Crippen LogP contribution is 2.23. The van der Waals surface area contributed by atoms with Gasteiger partial charge in [-0.3, -0.25) is 14.4 Å². The lowest BCUT2D eigenvalue weighted by molar-refractivity contribution is -0.143. The number of para-hydroxylation sites is 2. The number of aromatic nitrogens is 2. The summed E-state index contributed by atoms with van der Waals surface area (Å²) in [6, 6.07) is 11.3. The van der Waals surface area contributed by atoms with Crippen LogP contribution in [0.1, 0.15) is 43.2 Å². The van der Waals surface area contributed by atoms with Crippen molar-refractivity contribution in [3.63, 3.8) is 0 Å². The Morgan fingerprint density at radius 3 is 2.09 bits per heavy atom. The minimum Gasteiger partial charge on any atom is -0.480 e. The zero-order valence-electron chi connectivity index (χ0n) is 25.1. The second kappa shape index (κ2) is 14.4. The summed E-state index contributed by atoms with van der Waals surface area (Å²) in [5.74, 6) is -2.59. The van der Waals surface area contributed by atoms with Gasteiger partial charge in [-0.25, -0.2) is 4.79 Å². The first-order valence-corrected chi connectivity index (χ1v) is 15.5. The normalized spacial score (nSPS) is 16.8. The van der Waals surface area contributed by atoms with Crippen LogP contribution in [-0.2, 0) is 32.0 Å². The first-order valence-electron chi connectivity index (χ1n) is 15.5. The Morgan fingerprint density at radius 1 is 0.889 bits per heavy atom. The Kier molecular flexibility index (Phi) is 10.2. The zero-order valence-corrected chi connectivity index (χ0v) is 25.1. The molecule has 1 aliphatic rings. The van der Waals surface area contributed by atoms with Crippen LogP contribution in [0.2, 0.25) is 0 Å². The van der Waals surface area contributed by atoms with Crippen molar-refractivity contribution in [3.8, 4) is 0 Å². The molecule has 2 aromatic heterocycles. The first kappa shape index (κ1) is 31.7. The maximum Gasteiger partial charge on any atom is 0.326 e. The second-order valence-corrected chi connectivity index (χ2v) is 11.7. The molecule has 0 radical (unpaired) electrons.